The van der Waals surface area contributed by atoms with E-state index in [1.807, 2.05) is 0 Å². The topological polar surface area (TPSA) is 38.0 Å². The van der Waals surface area contributed by atoms with E-state index < -0.39 is 29.3 Å². The van der Waals surface area contributed by atoms with Crippen LogP contribution in [0.15, 0.2) is 36.4 Å². The third-order valence-electron chi connectivity index (χ3n) is 2.99. The molecule has 0 spiro atoms. The number of hydrazine groups is 1. The Morgan fingerprint density at radius 2 is 1.60 bits per heavy atom. The van der Waals surface area contributed by atoms with Gasteiger partial charge in [-0.25, -0.2) is 17.6 Å². The molecule has 0 fully saturated rings. The van der Waals surface area contributed by atoms with E-state index >= 15 is 0 Å². The van der Waals surface area contributed by atoms with Crippen LogP contribution in [0.25, 0.3) is 0 Å². The number of halogens is 4. The van der Waals surface area contributed by atoms with Crippen LogP contribution in [0.2, 0.25) is 0 Å². The van der Waals surface area contributed by atoms with Gasteiger partial charge in [-0.15, -0.1) is 0 Å². The number of hydrogen-bond donors (Lipinski definition) is 2. The molecule has 2 aromatic carbocycles. The maximum Gasteiger partial charge on any atom is 0.130 e. The zero-order valence-corrected chi connectivity index (χ0v) is 10.3. The molecule has 2 aromatic rings. The zero-order valence-electron chi connectivity index (χ0n) is 10.3. The first-order chi connectivity index (χ1) is 9.52. The van der Waals surface area contributed by atoms with Crippen molar-refractivity contribution in [1.29, 1.82) is 0 Å². The Morgan fingerprint density at radius 3 is 2.15 bits per heavy atom. The van der Waals surface area contributed by atoms with Gasteiger partial charge in [-0.3, -0.25) is 11.3 Å². The van der Waals surface area contributed by atoms with Crippen LogP contribution in [0, 0.1) is 23.3 Å². The molecule has 1 unspecified atom stereocenters. The molecule has 0 aliphatic rings. The summed E-state index contributed by atoms with van der Waals surface area (Å²) in [6.45, 7) is 0. The lowest BCUT2D eigenvalue weighted by Crippen LogP contribution is -2.31. The van der Waals surface area contributed by atoms with E-state index in [4.69, 9.17) is 5.84 Å². The van der Waals surface area contributed by atoms with Crippen LogP contribution in [0.1, 0.15) is 17.2 Å². The van der Waals surface area contributed by atoms with Gasteiger partial charge in [0, 0.05) is 11.6 Å². The third kappa shape index (κ3) is 2.97. The van der Waals surface area contributed by atoms with Gasteiger partial charge in [-0.1, -0.05) is 12.1 Å². The summed E-state index contributed by atoms with van der Waals surface area (Å²) >= 11 is 0. The molecule has 106 valence electrons. The highest BCUT2D eigenvalue weighted by Gasteiger charge is 2.20. The quantitative estimate of drug-likeness (QED) is 0.514. The van der Waals surface area contributed by atoms with Gasteiger partial charge in [0.25, 0.3) is 0 Å². The minimum Gasteiger partial charge on any atom is -0.271 e. The molecule has 0 aromatic heterocycles. The maximum absolute atomic E-state index is 13.7. The standard InChI is InChI=1S/C14H12F4N2/c15-9-5-4-8(12(18)7-9)6-13(20-19)14-10(16)2-1-3-11(14)17/h1-5,7,13,20H,6,19H2. The molecule has 0 saturated heterocycles. The summed E-state index contributed by atoms with van der Waals surface area (Å²) in [5.41, 5.74) is 2.08. The molecule has 0 saturated carbocycles. The van der Waals surface area contributed by atoms with Crippen LogP contribution in [-0.4, -0.2) is 0 Å². The van der Waals surface area contributed by atoms with Crippen molar-refractivity contribution in [2.45, 2.75) is 12.5 Å². The van der Waals surface area contributed by atoms with Crippen LogP contribution < -0.4 is 11.3 Å². The summed E-state index contributed by atoms with van der Waals surface area (Å²) in [5, 5.41) is 0. The highest BCUT2D eigenvalue weighted by molar-refractivity contribution is 5.27. The summed E-state index contributed by atoms with van der Waals surface area (Å²) in [4.78, 5) is 0. The second kappa shape index (κ2) is 6.02. The summed E-state index contributed by atoms with van der Waals surface area (Å²) in [6.07, 6.45) is -0.111. The average Bonchev–Trinajstić information content (AvgIpc) is 2.39. The Kier molecular flexibility index (Phi) is 4.36. The van der Waals surface area contributed by atoms with Gasteiger partial charge in [0.15, 0.2) is 0 Å². The van der Waals surface area contributed by atoms with Crippen LogP contribution in [0.3, 0.4) is 0 Å². The minimum absolute atomic E-state index is 0.108. The van der Waals surface area contributed by atoms with Gasteiger partial charge >= 0.3 is 0 Å². The first kappa shape index (κ1) is 14.5. The SMILES string of the molecule is NNC(Cc1ccc(F)cc1F)c1c(F)cccc1F. The van der Waals surface area contributed by atoms with Crippen LogP contribution in [0.5, 0.6) is 0 Å². The Morgan fingerprint density at radius 1 is 0.950 bits per heavy atom. The van der Waals surface area contributed by atoms with E-state index in [0.29, 0.717) is 6.07 Å². The van der Waals surface area contributed by atoms with Gasteiger partial charge in [0.05, 0.1) is 6.04 Å². The van der Waals surface area contributed by atoms with Gasteiger partial charge in [0.2, 0.25) is 0 Å². The fraction of sp³-hybridized carbons (Fsp3) is 0.143. The molecular formula is C14H12F4N2. The second-order valence-electron chi connectivity index (χ2n) is 4.29. The molecule has 0 aliphatic heterocycles. The average molecular weight is 284 g/mol. The molecule has 2 rings (SSSR count). The highest BCUT2D eigenvalue weighted by Crippen LogP contribution is 2.24. The van der Waals surface area contributed by atoms with Crippen molar-refractivity contribution in [1.82, 2.24) is 5.43 Å². The van der Waals surface area contributed by atoms with Crippen molar-refractivity contribution in [3.8, 4) is 0 Å². The van der Waals surface area contributed by atoms with E-state index in [0.717, 1.165) is 18.2 Å². The van der Waals surface area contributed by atoms with Crippen molar-refractivity contribution < 1.29 is 17.6 Å². The highest BCUT2D eigenvalue weighted by atomic mass is 19.1. The van der Waals surface area contributed by atoms with E-state index in [9.17, 15) is 17.6 Å². The summed E-state index contributed by atoms with van der Waals surface area (Å²) in [6, 6.07) is 5.43. The predicted octanol–water partition coefficient (Wildman–Crippen LogP) is 2.99. The van der Waals surface area contributed by atoms with Gasteiger partial charge in [-0.05, 0) is 30.2 Å². The fourth-order valence-electron chi connectivity index (χ4n) is 2.00. The van der Waals surface area contributed by atoms with Crippen molar-refractivity contribution in [2.24, 2.45) is 5.84 Å². The van der Waals surface area contributed by atoms with Crippen LogP contribution >= 0.6 is 0 Å². The Bertz CT molecular complexity index is 596. The lowest BCUT2D eigenvalue weighted by Gasteiger charge is -2.18. The van der Waals surface area contributed by atoms with Crippen molar-refractivity contribution >= 4 is 0 Å². The monoisotopic (exact) mass is 284 g/mol. The molecule has 6 heteroatoms. The first-order valence-electron chi connectivity index (χ1n) is 5.87. The molecule has 20 heavy (non-hydrogen) atoms. The molecule has 0 heterocycles. The van der Waals surface area contributed by atoms with Crippen molar-refractivity contribution in [3.05, 3.63) is 70.8 Å². The molecule has 0 radical (unpaired) electrons. The zero-order chi connectivity index (χ0) is 14.7. The molecule has 0 bridgehead atoms. The number of hydrogen-bond acceptors (Lipinski definition) is 2. The molecular weight excluding hydrogens is 272 g/mol. The molecule has 1 atom stereocenters. The molecule has 2 nitrogen and oxygen atoms in total. The Balaban J connectivity index is 2.34. The Hall–Kier alpha value is -1.92. The maximum atomic E-state index is 13.7. The smallest absolute Gasteiger partial charge is 0.130 e. The molecule has 0 aliphatic carbocycles. The first-order valence-corrected chi connectivity index (χ1v) is 5.87. The van der Waals surface area contributed by atoms with Gasteiger partial charge in [0.1, 0.15) is 23.3 Å². The lowest BCUT2D eigenvalue weighted by atomic mass is 9.98. The van der Waals surface area contributed by atoms with E-state index in [2.05, 4.69) is 5.43 Å². The summed E-state index contributed by atoms with van der Waals surface area (Å²) < 4.78 is 53.7. The van der Waals surface area contributed by atoms with Crippen LogP contribution in [-0.2, 0) is 6.42 Å². The number of nitrogens with one attached hydrogen (secondary N) is 1. The number of benzene rings is 2. The van der Waals surface area contributed by atoms with Crippen molar-refractivity contribution in [2.75, 3.05) is 0 Å². The van der Waals surface area contributed by atoms with Crippen molar-refractivity contribution in [3.63, 3.8) is 0 Å². The number of nitrogens with two attached hydrogens (primary N) is 1. The predicted molar refractivity (Wildman–Crippen MR) is 66.5 cm³/mol. The largest absolute Gasteiger partial charge is 0.271 e. The molecule has 0 amide bonds. The normalized spacial score (nSPS) is 12.4. The van der Waals surface area contributed by atoms with Gasteiger partial charge in [-0.2, -0.15) is 0 Å². The third-order valence-corrected chi connectivity index (χ3v) is 2.99. The van der Waals surface area contributed by atoms with E-state index in [1.54, 1.807) is 0 Å². The number of rotatable bonds is 4. The summed E-state index contributed by atoms with van der Waals surface area (Å²) in [7, 11) is 0. The fourth-order valence-corrected chi connectivity index (χ4v) is 2.00. The van der Waals surface area contributed by atoms with E-state index in [-0.39, 0.29) is 17.5 Å². The summed E-state index contributed by atoms with van der Waals surface area (Å²) in [5.74, 6) is 2.22. The second-order valence-corrected chi connectivity index (χ2v) is 4.29. The Labute approximate surface area is 113 Å². The van der Waals surface area contributed by atoms with Crippen LogP contribution in [0.4, 0.5) is 17.6 Å². The van der Waals surface area contributed by atoms with E-state index in [1.165, 1.54) is 12.1 Å². The minimum atomic E-state index is -0.962. The van der Waals surface area contributed by atoms with Gasteiger partial charge < -0.3 is 0 Å². The lowest BCUT2D eigenvalue weighted by molar-refractivity contribution is 0.464. The molecule has 3 N–H and O–H groups in total.